The minimum absolute atomic E-state index is 0. The van der Waals surface area contributed by atoms with Crippen molar-refractivity contribution in [3.05, 3.63) is 0 Å². The number of carbonyl (C=O) groups excluding carboxylic acids is 2. The number of hydrogen-bond acceptors (Lipinski definition) is 6. The fraction of sp³-hybridized carbons (Fsp3) is 0.500. The molecule has 0 aliphatic rings. The molecular formula is C4H2NaO6Zr. The van der Waals surface area contributed by atoms with Gasteiger partial charge in [-0.1, -0.05) is 12.2 Å². The van der Waals surface area contributed by atoms with E-state index in [-0.39, 0.29) is 55.8 Å². The SMILES string of the molecule is O=C([O-])[C@H]([O-])[C@@H]([O-])C(=O)[O-].[Na+].[Zr+3]. The van der Waals surface area contributed by atoms with Gasteiger partial charge in [0.05, 0.1) is 0 Å². The second kappa shape index (κ2) is 8.35. The summed E-state index contributed by atoms with van der Waals surface area (Å²) in [5.74, 6) is -4.46. The minimum atomic E-state index is -2.80. The fourth-order valence-corrected chi connectivity index (χ4v) is 0.247. The van der Waals surface area contributed by atoms with Crippen molar-refractivity contribution < 1.29 is 85.8 Å². The predicted molar refractivity (Wildman–Crippen MR) is 17.6 cm³/mol. The van der Waals surface area contributed by atoms with Crippen LogP contribution in [0.1, 0.15) is 0 Å². The second-order valence-corrected chi connectivity index (χ2v) is 1.48. The molecule has 12 heavy (non-hydrogen) atoms. The first kappa shape index (κ1) is 18.5. The van der Waals surface area contributed by atoms with Gasteiger partial charge in [0.15, 0.2) is 0 Å². The Bertz CT molecular complexity index is 144. The van der Waals surface area contributed by atoms with Crippen molar-refractivity contribution in [3.63, 3.8) is 0 Å². The van der Waals surface area contributed by atoms with Crippen molar-refractivity contribution in [2.45, 2.75) is 12.2 Å². The van der Waals surface area contributed by atoms with Crippen LogP contribution in [0.5, 0.6) is 0 Å². The average Bonchev–Trinajstić information content (AvgIpc) is 1.84. The van der Waals surface area contributed by atoms with Crippen LogP contribution in [0.3, 0.4) is 0 Å². The van der Waals surface area contributed by atoms with E-state index in [4.69, 9.17) is 0 Å². The topological polar surface area (TPSA) is 126 Å². The summed E-state index contributed by atoms with van der Waals surface area (Å²) in [5, 5.41) is 39.0. The number of carboxylic acid groups (broad SMARTS) is 2. The van der Waals surface area contributed by atoms with Gasteiger partial charge in [0.25, 0.3) is 0 Å². The zero-order valence-electron chi connectivity index (χ0n) is 6.10. The van der Waals surface area contributed by atoms with E-state index in [1.807, 2.05) is 0 Å². The van der Waals surface area contributed by atoms with E-state index in [1.165, 1.54) is 0 Å². The zero-order valence-corrected chi connectivity index (χ0v) is 10.6. The molecule has 0 aromatic carbocycles. The molecule has 0 saturated heterocycles. The average molecular weight is 260 g/mol. The largest absolute Gasteiger partial charge is 3.00 e. The maximum atomic E-state index is 9.97. The standard InChI is InChI=1S/C4H4O6.Na.Zr/c5-1(3(7)8)2(6)4(9)10;;/h1-2H,(H,7,8)(H,9,10);;/q-2;+1;+3/p-2/t1-,2-;;/m1../s1. The van der Waals surface area contributed by atoms with Crippen LogP contribution in [0, 0.1) is 0 Å². The van der Waals surface area contributed by atoms with Crippen molar-refractivity contribution >= 4 is 11.9 Å². The molecule has 0 spiro atoms. The molecule has 0 bridgehead atoms. The Kier molecular flexibility index (Phi) is 12.9. The minimum Gasteiger partial charge on any atom is -0.848 e. The quantitative estimate of drug-likeness (QED) is 0.464. The van der Waals surface area contributed by atoms with Crippen LogP contribution >= 0.6 is 0 Å². The summed E-state index contributed by atoms with van der Waals surface area (Å²) < 4.78 is 0. The summed E-state index contributed by atoms with van der Waals surface area (Å²) in [5.41, 5.74) is 0. The maximum Gasteiger partial charge on any atom is 3.00 e. The van der Waals surface area contributed by atoms with Gasteiger partial charge in [-0.15, -0.1) is 0 Å². The third-order valence-corrected chi connectivity index (χ3v) is 0.740. The maximum absolute atomic E-state index is 9.97. The van der Waals surface area contributed by atoms with Gasteiger partial charge in [-0.3, -0.25) is 0 Å². The molecule has 0 N–H and O–H groups in total. The molecule has 0 fully saturated rings. The van der Waals surface area contributed by atoms with Crippen molar-refractivity contribution in [2.75, 3.05) is 0 Å². The van der Waals surface area contributed by atoms with Crippen LogP contribution in [0.4, 0.5) is 0 Å². The van der Waals surface area contributed by atoms with E-state index in [1.54, 1.807) is 0 Å². The van der Waals surface area contributed by atoms with E-state index < -0.39 is 24.1 Å². The van der Waals surface area contributed by atoms with Crippen LogP contribution in [0.15, 0.2) is 0 Å². The Balaban J connectivity index is -0.000000405. The Morgan fingerprint density at radius 1 is 0.917 bits per heavy atom. The summed E-state index contributed by atoms with van der Waals surface area (Å²) in [6, 6.07) is 0. The zero-order chi connectivity index (χ0) is 8.31. The molecule has 2 atom stereocenters. The fourth-order valence-electron chi connectivity index (χ4n) is 0.247. The number of rotatable bonds is 3. The van der Waals surface area contributed by atoms with E-state index >= 15 is 0 Å². The van der Waals surface area contributed by atoms with E-state index in [2.05, 4.69) is 0 Å². The molecule has 0 unspecified atom stereocenters. The molecule has 0 rings (SSSR count). The summed E-state index contributed by atoms with van der Waals surface area (Å²) >= 11 is 0. The van der Waals surface area contributed by atoms with Gasteiger partial charge in [0, 0.05) is 11.9 Å². The number of carboxylic acids is 2. The Morgan fingerprint density at radius 3 is 1.17 bits per heavy atom. The molecular weight excluding hydrogens is 258 g/mol. The third kappa shape index (κ3) is 6.28. The van der Waals surface area contributed by atoms with Crippen molar-refractivity contribution in [3.8, 4) is 0 Å². The van der Waals surface area contributed by atoms with Gasteiger partial charge in [0.2, 0.25) is 0 Å². The number of aliphatic carboxylic acids is 2. The van der Waals surface area contributed by atoms with Crippen LogP contribution in [0.25, 0.3) is 0 Å². The summed E-state index contributed by atoms with van der Waals surface area (Å²) in [7, 11) is 0. The van der Waals surface area contributed by atoms with Crippen molar-refractivity contribution in [1.82, 2.24) is 0 Å². The Hall–Kier alpha value is 0.743. The summed E-state index contributed by atoms with van der Waals surface area (Å²) in [6.07, 6.45) is -5.60. The normalized spacial score (nSPS) is 13.2. The monoisotopic (exact) mass is 259 g/mol. The molecule has 6 nitrogen and oxygen atoms in total. The van der Waals surface area contributed by atoms with Gasteiger partial charge in [-0.2, -0.15) is 0 Å². The van der Waals surface area contributed by atoms with Crippen LogP contribution in [-0.2, 0) is 35.8 Å². The second-order valence-electron chi connectivity index (χ2n) is 1.48. The van der Waals surface area contributed by atoms with Gasteiger partial charge in [-0.05, 0) is 0 Å². The molecule has 0 aromatic rings. The van der Waals surface area contributed by atoms with Gasteiger partial charge in [-0.25, -0.2) is 0 Å². The Morgan fingerprint density at radius 2 is 1.08 bits per heavy atom. The molecule has 8 heteroatoms. The van der Waals surface area contributed by atoms with Gasteiger partial charge >= 0.3 is 55.8 Å². The van der Waals surface area contributed by atoms with Crippen molar-refractivity contribution in [2.24, 2.45) is 0 Å². The summed E-state index contributed by atoms with van der Waals surface area (Å²) in [6.45, 7) is 0. The molecule has 0 saturated carbocycles. The predicted octanol–water partition coefficient (Wildman–Crippen LogP) is -9.05. The molecule has 0 aliphatic heterocycles. The first-order chi connectivity index (χ1) is 4.46. The first-order valence-corrected chi connectivity index (χ1v) is 2.20. The molecule has 0 amide bonds. The molecule has 0 heterocycles. The van der Waals surface area contributed by atoms with E-state index in [9.17, 15) is 30.0 Å². The van der Waals surface area contributed by atoms with Gasteiger partial charge in [0.1, 0.15) is 0 Å². The Labute approximate surface area is 109 Å². The van der Waals surface area contributed by atoms with E-state index in [0.29, 0.717) is 0 Å². The van der Waals surface area contributed by atoms with Gasteiger partial charge < -0.3 is 30.0 Å². The van der Waals surface area contributed by atoms with E-state index in [0.717, 1.165) is 0 Å². The first-order valence-electron chi connectivity index (χ1n) is 2.20. The molecule has 0 aliphatic carbocycles. The molecule has 59 valence electrons. The van der Waals surface area contributed by atoms with Crippen LogP contribution in [-0.4, -0.2) is 24.1 Å². The smallest absolute Gasteiger partial charge is 0.848 e. The van der Waals surface area contributed by atoms with Crippen LogP contribution in [0.2, 0.25) is 0 Å². The third-order valence-electron chi connectivity index (χ3n) is 0.740. The molecule has 0 aromatic heterocycles. The number of carbonyl (C=O) groups is 2. The van der Waals surface area contributed by atoms with Crippen LogP contribution < -0.4 is 50.0 Å². The number of hydrogen-bond donors (Lipinski definition) is 0. The molecule has 1 radical (unpaired) electrons. The van der Waals surface area contributed by atoms with Crippen molar-refractivity contribution in [1.29, 1.82) is 0 Å². The summed E-state index contributed by atoms with van der Waals surface area (Å²) in [4.78, 5) is 19.1.